The lowest BCUT2D eigenvalue weighted by atomic mass is 9.93. The molecule has 0 bridgehead atoms. The highest BCUT2D eigenvalue weighted by Gasteiger charge is 2.30. The Morgan fingerprint density at radius 1 is 1.07 bits per heavy atom. The van der Waals surface area contributed by atoms with Crippen molar-refractivity contribution in [2.24, 2.45) is 0 Å². The van der Waals surface area contributed by atoms with Crippen LogP contribution in [-0.2, 0) is 29.0 Å². The van der Waals surface area contributed by atoms with Gasteiger partial charge in [0.1, 0.15) is 11.8 Å². The number of halogens is 2. The van der Waals surface area contributed by atoms with Crippen LogP contribution in [-0.4, -0.2) is 56.1 Å². The van der Waals surface area contributed by atoms with Crippen LogP contribution < -0.4 is 5.32 Å². The van der Waals surface area contributed by atoms with Gasteiger partial charge in [0, 0.05) is 31.5 Å². The number of aromatic nitrogens is 2. The first kappa shape index (κ1) is 29.8. The van der Waals surface area contributed by atoms with Gasteiger partial charge in [0.05, 0.1) is 33.0 Å². The van der Waals surface area contributed by atoms with Crippen LogP contribution in [0.4, 0.5) is 0 Å². The van der Waals surface area contributed by atoms with Crippen molar-refractivity contribution in [3.8, 4) is 0 Å². The highest BCUT2D eigenvalue weighted by molar-refractivity contribution is 6.40. The average molecular weight is 634 g/mol. The van der Waals surface area contributed by atoms with E-state index in [9.17, 15) is 24.3 Å². The minimum absolute atomic E-state index is 0.0169. The molecular formula is C33H30Cl2N4O5. The molecule has 0 spiro atoms. The summed E-state index contributed by atoms with van der Waals surface area (Å²) in [4.78, 5) is 60.2. The number of H-pyrrole nitrogens is 1. The van der Waals surface area contributed by atoms with Gasteiger partial charge in [-0.1, -0.05) is 47.5 Å². The molecule has 0 unspecified atom stereocenters. The Morgan fingerprint density at radius 2 is 1.89 bits per heavy atom. The third kappa shape index (κ3) is 5.94. The maximum absolute atomic E-state index is 13.3. The maximum Gasteiger partial charge on any atom is 0.326 e. The van der Waals surface area contributed by atoms with Crippen molar-refractivity contribution >= 4 is 57.8 Å². The Balaban J connectivity index is 1.10. The highest BCUT2D eigenvalue weighted by atomic mass is 35.5. The molecule has 1 aliphatic carbocycles. The molecule has 44 heavy (non-hydrogen) atoms. The molecule has 0 radical (unpaired) electrons. The van der Waals surface area contributed by atoms with Crippen LogP contribution in [0.25, 0.3) is 11.0 Å². The zero-order valence-corrected chi connectivity index (χ0v) is 25.3. The normalized spacial score (nSPS) is 16.3. The number of nitrogens with zero attached hydrogens (tertiary/aromatic N) is 2. The Bertz CT molecular complexity index is 1800. The fourth-order valence-corrected chi connectivity index (χ4v) is 7.08. The molecule has 0 saturated carbocycles. The molecule has 1 aliphatic heterocycles. The summed E-state index contributed by atoms with van der Waals surface area (Å²) in [6, 6.07) is 13.7. The van der Waals surface area contributed by atoms with Gasteiger partial charge in [-0.3, -0.25) is 14.4 Å². The standard InChI is InChI=1S/C33H30Cl2N4O5/c34-25-14-21-16-39(32(42)20-7-9-26-28(15-20)37-17-36-26)12-11-24(21)30(35)29(25)31(41)38-27(33(43)44)10-8-22(40)13-19-6-5-18-3-1-2-4-23(18)19/h1-4,7,9,14-15,17,19,27H,5-6,8,10-13,16H2,(H,36,37)(H,38,41)(H,43,44)/t19-,27-/m0/s1. The molecule has 2 aliphatic rings. The largest absolute Gasteiger partial charge is 0.480 e. The number of fused-ring (bicyclic) bond motifs is 3. The number of rotatable bonds is 9. The van der Waals surface area contributed by atoms with Gasteiger partial charge < -0.3 is 20.3 Å². The average Bonchev–Trinajstić information content (AvgIpc) is 3.65. The Hall–Kier alpha value is -4.21. The molecular weight excluding hydrogens is 603 g/mol. The van der Waals surface area contributed by atoms with E-state index in [1.807, 2.05) is 18.2 Å². The summed E-state index contributed by atoms with van der Waals surface area (Å²) in [5.74, 6) is -2.03. The number of imidazole rings is 1. The van der Waals surface area contributed by atoms with Gasteiger partial charge >= 0.3 is 5.97 Å². The molecule has 3 aromatic carbocycles. The number of aromatic amines is 1. The zero-order chi connectivity index (χ0) is 31.0. The van der Waals surface area contributed by atoms with Gasteiger partial charge in [0.15, 0.2) is 0 Å². The van der Waals surface area contributed by atoms with Crippen LogP contribution in [0.5, 0.6) is 0 Å². The maximum atomic E-state index is 13.3. The van der Waals surface area contributed by atoms with E-state index in [0.29, 0.717) is 36.1 Å². The second kappa shape index (κ2) is 12.4. The number of hydrogen-bond donors (Lipinski definition) is 3. The summed E-state index contributed by atoms with van der Waals surface area (Å²) >= 11 is 13.2. The van der Waals surface area contributed by atoms with Crippen molar-refractivity contribution in [2.75, 3.05) is 6.54 Å². The molecule has 4 aromatic rings. The number of Topliss-reactive ketones (excluding diaryl/α,β-unsaturated/α-hetero) is 1. The predicted molar refractivity (Wildman–Crippen MR) is 166 cm³/mol. The minimum atomic E-state index is -1.29. The van der Waals surface area contributed by atoms with Crippen molar-refractivity contribution in [1.29, 1.82) is 0 Å². The van der Waals surface area contributed by atoms with E-state index in [1.165, 1.54) is 11.1 Å². The van der Waals surface area contributed by atoms with E-state index in [-0.39, 0.29) is 52.6 Å². The van der Waals surface area contributed by atoms with Crippen LogP contribution in [0.15, 0.2) is 54.9 Å². The number of carbonyl (C=O) groups is 4. The van der Waals surface area contributed by atoms with E-state index in [1.54, 1.807) is 35.5 Å². The number of benzene rings is 3. The number of carbonyl (C=O) groups excluding carboxylic acids is 3. The number of carboxylic acid groups (broad SMARTS) is 1. The molecule has 6 rings (SSSR count). The lowest BCUT2D eigenvalue weighted by molar-refractivity contribution is -0.139. The van der Waals surface area contributed by atoms with Crippen LogP contribution in [0, 0.1) is 0 Å². The number of amides is 2. The van der Waals surface area contributed by atoms with Crippen LogP contribution in [0.3, 0.4) is 0 Å². The van der Waals surface area contributed by atoms with Crippen LogP contribution in [0.1, 0.15) is 74.6 Å². The van der Waals surface area contributed by atoms with Gasteiger partial charge in [0.25, 0.3) is 11.8 Å². The van der Waals surface area contributed by atoms with E-state index >= 15 is 0 Å². The highest BCUT2D eigenvalue weighted by Crippen LogP contribution is 2.37. The number of hydrogen-bond acceptors (Lipinski definition) is 5. The quantitative estimate of drug-likeness (QED) is 0.216. The van der Waals surface area contributed by atoms with Gasteiger partial charge in [-0.05, 0) is 78.1 Å². The fraction of sp³-hybridized carbons (Fsp3) is 0.303. The summed E-state index contributed by atoms with van der Waals surface area (Å²) in [6.07, 6.45) is 4.12. The van der Waals surface area contributed by atoms with Crippen LogP contribution >= 0.6 is 23.2 Å². The fourth-order valence-electron chi connectivity index (χ4n) is 6.31. The molecule has 0 saturated heterocycles. The summed E-state index contributed by atoms with van der Waals surface area (Å²) in [5, 5.41) is 12.5. The summed E-state index contributed by atoms with van der Waals surface area (Å²) in [7, 11) is 0. The smallest absolute Gasteiger partial charge is 0.326 e. The number of nitrogens with one attached hydrogen (secondary N) is 2. The van der Waals surface area contributed by atoms with Gasteiger partial charge in [0.2, 0.25) is 0 Å². The predicted octanol–water partition coefficient (Wildman–Crippen LogP) is 5.72. The van der Waals surface area contributed by atoms with E-state index in [0.717, 1.165) is 23.9 Å². The van der Waals surface area contributed by atoms with Gasteiger partial charge in [-0.25, -0.2) is 9.78 Å². The molecule has 11 heteroatoms. The van der Waals surface area contributed by atoms with Crippen molar-refractivity contribution in [2.45, 2.75) is 57.0 Å². The molecule has 226 valence electrons. The lowest BCUT2D eigenvalue weighted by Crippen LogP contribution is -2.41. The molecule has 2 atom stereocenters. The Kier molecular flexibility index (Phi) is 8.42. The van der Waals surface area contributed by atoms with E-state index in [4.69, 9.17) is 23.2 Å². The Labute approximate surface area is 263 Å². The summed E-state index contributed by atoms with van der Waals surface area (Å²) in [6.45, 7) is 0.627. The summed E-state index contributed by atoms with van der Waals surface area (Å²) in [5.41, 5.74) is 5.87. The first-order valence-electron chi connectivity index (χ1n) is 14.5. The van der Waals surface area contributed by atoms with Crippen LogP contribution in [0.2, 0.25) is 10.0 Å². The molecule has 0 fully saturated rings. The minimum Gasteiger partial charge on any atom is -0.480 e. The third-order valence-electron chi connectivity index (χ3n) is 8.63. The van der Waals surface area contributed by atoms with Crippen molar-refractivity contribution in [3.05, 3.63) is 98.3 Å². The first-order valence-corrected chi connectivity index (χ1v) is 15.3. The molecule has 2 heterocycles. The van der Waals surface area contributed by atoms with E-state index in [2.05, 4.69) is 21.4 Å². The van der Waals surface area contributed by atoms with E-state index < -0.39 is 17.9 Å². The second-order valence-corrected chi connectivity index (χ2v) is 12.2. The number of carboxylic acids is 1. The molecule has 9 nitrogen and oxygen atoms in total. The SMILES string of the molecule is O=C(CC[C@H](NC(=O)c1c(Cl)cc2c(c1Cl)CCN(C(=O)c1ccc3nc[nH]c3c1)C2)C(=O)O)C[C@@H]1CCc2ccccc21. The Morgan fingerprint density at radius 3 is 2.70 bits per heavy atom. The third-order valence-corrected chi connectivity index (χ3v) is 9.35. The molecule has 1 aromatic heterocycles. The lowest BCUT2D eigenvalue weighted by Gasteiger charge is -2.30. The number of aryl methyl sites for hydroxylation is 1. The number of ketones is 1. The second-order valence-electron chi connectivity index (χ2n) is 11.4. The molecule has 3 N–H and O–H groups in total. The summed E-state index contributed by atoms with van der Waals surface area (Å²) < 4.78 is 0. The monoisotopic (exact) mass is 632 g/mol. The van der Waals surface area contributed by atoms with Gasteiger partial charge in [-0.2, -0.15) is 0 Å². The van der Waals surface area contributed by atoms with Crippen molar-refractivity contribution in [1.82, 2.24) is 20.2 Å². The number of aliphatic carboxylic acids is 1. The van der Waals surface area contributed by atoms with Gasteiger partial charge in [-0.15, -0.1) is 0 Å². The first-order chi connectivity index (χ1) is 21.2. The van der Waals surface area contributed by atoms with Crippen molar-refractivity contribution < 1.29 is 24.3 Å². The molecule has 2 amide bonds. The zero-order valence-electron chi connectivity index (χ0n) is 23.7. The van der Waals surface area contributed by atoms with Crippen molar-refractivity contribution in [3.63, 3.8) is 0 Å². The topological polar surface area (TPSA) is 132 Å².